The van der Waals surface area contributed by atoms with Crippen molar-refractivity contribution in [1.29, 1.82) is 0 Å². The normalized spacial score (nSPS) is 16.4. The lowest BCUT2D eigenvalue weighted by molar-refractivity contribution is 0.0948. The van der Waals surface area contributed by atoms with Gasteiger partial charge in [-0.3, -0.25) is 4.79 Å². The lowest BCUT2D eigenvalue weighted by atomic mass is 10.1. The van der Waals surface area contributed by atoms with E-state index in [0.29, 0.717) is 18.0 Å². The van der Waals surface area contributed by atoms with E-state index < -0.39 is 0 Å². The fourth-order valence-electron chi connectivity index (χ4n) is 3.57. The number of benzene rings is 2. The second-order valence-electron chi connectivity index (χ2n) is 7.30. The number of carbonyl (C=O) groups excluding carboxylic acids is 1. The minimum atomic E-state index is -0.0240. The molecule has 1 fully saturated rings. The Kier molecular flexibility index (Phi) is 5.48. The van der Waals surface area contributed by atoms with Crippen LogP contribution in [0.25, 0.3) is 5.69 Å². The number of hydrogen-bond acceptors (Lipinski definition) is 3. The molecule has 1 N–H and O–H groups in total. The van der Waals surface area contributed by atoms with Gasteiger partial charge >= 0.3 is 0 Å². The third-order valence-electron chi connectivity index (χ3n) is 5.12. The molecule has 1 saturated heterocycles. The Labute approximate surface area is 173 Å². The number of hydrogen-bond donors (Lipinski definition) is 1. The molecule has 0 radical (unpaired) electrons. The zero-order valence-electron chi connectivity index (χ0n) is 15.8. The molecule has 144 valence electrons. The van der Waals surface area contributed by atoms with E-state index in [1.54, 1.807) is 0 Å². The van der Waals surface area contributed by atoms with Gasteiger partial charge in [-0.25, -0.2) is 4.68 Å². The quantitative estimate of drug-likeness (QED) is 0.649. The van der Waals surface area contributed by atoms with Crippen molar-refractivity contribution in [3.8, 4) is 5.69 Å². The van der Waals surface area contributed by atoms with Gasteiger partial charge in [0.05, 0.1) is 11.9 Å². The SMILES string of the molecule is Cc1cnn(-c2ccc(C(=O)NCC3CCN(c4cccc(Br)c4)C3)cc2)c1. The topological polar surface area (TPSA) is 50.2 Å². The second kappa shape index (κ2) is 8.19. The number of nitrogens with one attached hydrogen (secondary N) is 1. The van der Waals surface area contributed by atoms with Gasteiger partial charge in [0.25, 0.3) is 5.91 Å². The number of rotatable bonds is 5. The van der Waals surface area contributed by atoms with Gasteiger partial charge in [0.15, 0.2) is 0 Å². The van der Waals surface area contributed by atoms with Gasteiger partial charge in [0.1, 0.15) is 0 Å². The van der Waals surface area contributed by atoms with Gasteiger partial charge in [-0.15, -0.1) is 0 Å². The number of anilines is 1. The molecule has 1 aliphatic rings. The summed E-state index contributed by atoms with van der Waals surface area (Å²) in [6, 6.07) is 15.9. The van der Waals surface area contributed by atoms with Crippen LogP contribution in [0.4, 0.5) is 5.69 Å². The number of aromatic nitrogens is 2. The summed E-state index contributed by atoms with van der Waals surface area (Å²) >= 11 is 3.53. The zero-order valence-corrected chi connectivity index (χ0v) is 17.4. The molecule has 2 aromatic carbocycles. The van der Waals surface area contributed by atoms with Crippen LogP contribution in [-0.4, -0.2) is 35.3 Å². The van der Waals surface area contributed by atoms with Gasteiger partial charge in [0.2, 0.25) is 0 Å². The number of halogens is 1. The largest absolute Gasteiger partial charge is 0.371 e. The van der Waals surface area contributed by atoms with Crippen molar-refractivity contribution < 1.29 is 4.79 Å². The highest BCUT2D eigenvalue weighted by molar-refractivity contribution is 9.10. The fourth-order valence-corrected chi connectivity index (χ4v) is 3.95. The molecule has 0 spiro atoms. The average molecular weight is 439 g/mol. The summed E-state index contributed by atoms with van der Waals surface area (Å²) < 4.78 is 2.90. The highest BCUT2D eigenvalue weighted by Crippen LogP contribution is 2.26. The van der Waals surface area contributed by atoms with Crippen molar-refractivity contribution >= 4 is 27.5 Å². The van der Waals surface area contributed by atoms with Crippen LogP contribution >= 0.6 is 15.9 Å². The van der Waals surface area contributed by atoms with Crippen LogP contribution in [0.1, 0.15) is 22.3 Å². The Hall–Kier alpha value is -2.60. The van der Waals surface area contributed by atoms with Crippen molar-refractivity contribution in [2.24, 2.45) is 5.92 Å². The lowest BCUT2D eigenvalue weighted by Crippen LogP contribution is -2.31. The van der Waals surface area contributed by atoms with Crippen LogP contribution in [0, 0.1) is 12.8 Å². The molecule has 2 heterocycles. The Morgan fingerprint density at radius 3 is 2.75 bits per heavy atom. The van der Waals surface area contributed by atoms with Gasteiger partial charge < -0.3 is 10.2 Å². The minimum Gasteiger partial charge on any atom is -0.371 e. The summed E-state index contributed by atoms with van der Waals surface area (Å²) in [6.45, 7) is 4.69. The van der Waals surface area contributed by atoms with Crippen molar-refractivity contribution in [3.05, 3.63) is 76.5 Å². The highest BCUT2D eigenvalue weighted by atomic mass is 79.9. The predicted molar refractivity (Wildman–Crippen MR) is 115 cm³/mol. The van der Waals surface area contributed by atoms with Gasteiger partial charge in [0, 0.05) is 41.6 Å². The van der Waals surface area contributed by atoms with Gasteiger partial charge in [-0.1, -0.05) is 22.0 Å². The van der Waals surface area contributed by atoms with E-state index in [4.69, 9.17) is 0 Å². The molecular formula is C22H23BrN4O. The molecule has 1 aliphatic heterocycles. The van der Waals surface area contributed by atoms with Crippen LogP contribution in [0.3, 0.4) is 0 Å². The summed E-state index contributed by atoms with van der Waals surface area (Å²) in [7, 11) is 0. The zero-order chi connectivity index (χ0) is 19.5. The van der Waals surface area contributed by atoms with Gasteiger partial charge in [-0.05, 0) is 67.3 Å². The molecule has 4 rings (SSSR count). The molecular weight excluding hydrogens is 416 g/mol. The Morgan fingerprint density at radius 1 is 1.21 bits per heavy atom. The summed E-state index contributed by atoms with van der Waals surface area (Å²) in [6.07, 6.45) is 4.87. The molecule has 1 amide bonds. The maximum absolute atomic E-state index is 12.5. The van der Waals surface area contributed by atoms with E-state index in [1.165, 1.54) is 5.69 Å². The van der Waals surface area contributed by atoms with Crippen molar-refractivity contribution in [2.75, 3.05) is 24.5 Å². The Bertz CT molecular complexity index is 967. The smallest absolute Gasteiger partial charge is 0.251 e. The first-order valence-electron chi connectivity index (χ1n) is 9.49. The van der Waals surface area contributed by atoms with Crippen LogP contribution in [0.15, 0.2) is 65.4 Å². The summed E-state index contributed by atoms with van der Waals surface area (Å²) in [5, 5.41) is 7.39. The van der Waals surface area contributed by atoms with Crippen molar-refractivity contribution in [1.82, 2.24) is 15.1 Å². The van der Waals surface area contributed by atoms with Crippen LogP contribution in [0.5, 0.6) is 0 Å². The monoisotopic (exact) mass is 438 g/mol. The number of nitrogens with zero attached hydrogens (tertiary/aromatic N) is 3. The number of aryl methyl sites for hydroxylation is 1. The molecule has 5 nitrogen and oxygen atoms in total. The van der Waals surface area contributed by atoms with E-state index in [-0.39, 0.29) is 5.91 Å². The molecule has 3 aromatic rings. The second-order valence-corrected chi connectivity index (χ2v) is 8.22. The third-order valence-corrected chi connectivity index (χ3v) is 5.61. The summed E-state index contributed by atoms with van der Waals surface area (Å²) in [5.74, 6) is 0.443. The first-order valence-corrected chi connectivity index (χ1v) is 10.3. The predicted octanol–water partition coefficient (Wildman–Crippen LogP) is 4.20. The van der Waals surface area contributed by atoms with Crippen LogP contribution in [-0.2, 0) is 0 Å². The summed E-state index contributed by atoms with van der Waals surface area (Å²) in [4.78, 5) is 14.9. The Morgan fingerprint density at radius 2 is 2.04 bits per heavy atom. The van der Waals surface area contributed by atoms with E-state index in [9.17, 15) is 4.79 Å². The Balaban J connectivity index is 1.31. The molecule has 0 bridgehead atoms. The first-order chi connectivity index (χ1) is 13.6. The van der Waals surface area contributed by atoms with E-state index in [0.717, 1.165) is 35.2 Å². The van der Waals surface area contributed by atoms with Crippen LogP contribution in [0.2, 0.25) is 0 Å². The lowest BCUT2D eigenvalue weighted by Gasteiger charge is -2.19. The molecule has 28 heavy (non-hydrogen) atoms. The van der Waals surface area contributed by atoms with Crippen molar-refractivity contribution in [2.45, 2.75) is 13.3 Å². The molecule has 1 aromatic heterocycles. The molecule has 1 unspecified atom stereocenters. The van der Waals surface area contributed by atoms with E-state index in [1.807, 2.05) is 54.3 Å². The fraction of sp³-hybridized carbons (Fsp3) is 0.273. The first kappa shape index (κ1) is 18.7. The molecule has 1 atom stereocenters. The van der Waals surface area contributed by atoms with Crippen molar-refractivity contribution in [3.63, 3.8) is 0 Å². The van der Waals surface area contributed by atoms with E-state index >= 15 is 0 Å². The number of amides is 1. The minimum absolute atomic E-state index is 0.0240. The molecule has 0 saturated carbocycles. The standard InChI is InChI=1S/C22H23BrN4O/c1-16-12-25-27(14-16)20-7-5-18(6-8-20)22(28)24-13-17-9-10-26(15-17)21-4-2-3-19(23)11-21/h2-8,11-12,14,17H,9-10,13,15H2,1H3,(H,24,28). The van der Waals surface area contributed by atoms with Gasteiger partial charge in [-0.2, -0.15) is 5.10 Å². The third kappa shape index (κ3) is 4.28. The maximum atomic E-state index is 12.5. The van der Waals surface area contributed by atoms with E-state index in [2.05, 4.69) is 49.4 Å². The molecule has 0 aliphatic carbocycles. The average Bonchev–Trinajstić information content (AvgIpc) is 3.35. The summed E-state index contributed by atoms with van der Waals surface area (Å²) in [5.41, 5.74) is 3.96. The van der Waals surface area contributed by atoms with Crippen LogP contribution < -0.4 is 10.2 Å². The molecule has 6 heteroatoms. The number of carbonyl (C=O) groups is 1. The maximum Gasteiger partial charge on any atom is 0.251 e. The highest BCUT2D eigenvalue weighted by Gasteiger charge is 2.23.